The summed E-state index contributed by atoms with van der Waals surface area (Å²) in [6.45, 7) is 0.853. The molecule has 0 bridgehead atoms. The normalized spacial score (nSPS) is 11.6. The monoisotopic (exact) mass is 436 g/mol. The van der Waals surface area contributed by atoms with E-state index in [0.29, 0.717) is 6.42 Å². The molecule has 0 saturated carbocycles. The highest BCUT2D eigenvalue weighted by Gasteiger charge is 2.23. The van der Waals surface area contributed by atoms with Gasteiger partial charge in [0.05, 0.1) is 26.4 Å². The summed E-state index contributed by atoms with van der Waals surface area (Å²) in [6.07, 6.45) is 20.7. The summed E-state index contributed by atoms with van der Waals surface area (Å²) in [5, 5.41) is 51.8. The van der Waals surface area contributed by atoms with Crippen molar-refractivity contribution in [3.8, 4) is 0 Å². The van der Waals surface area contributed by atoms with Crippen molar-refractivity contribution in [2.45, 2.75) is 128 Å². The van der Waals surface area contributed by atoms with Crippen LogP contribution in [0, 0.1) is 0 Å². The molecule has 0 aliphatic rings. The summed E-state index contributed by atoms with van der Waals surface area (Å²) in [7, 11) is 0. The number of hydrogen-bond acceptors (Lipinski definition) is 6. The lowest BCUT2D eigenvalue weighted by Gasteiger charge is -2.22. The molecule has 0 saturated heterocycles. The van der Waals surface area contributed by atoms with Crippen molar-refractivity contribution in [1.82, 2.24) is 0 Å². The molecule has 6 nitrogen and oxygen atoms in total. The van der Waals surface area contributed by atoms with Crippen LogP contribution in [0.15, 0.2) is 0 Å². The van der Waals surface area contributed by atoms with Gasteiger partial charge in [-0.3, -0.25) is 0 Å². The molecule has 6 N–H and O–H groups in total. The van der Waals surface area contributed by atoms with Crippen molar-refractivity contribution < 1.29 is 30.6 Å². The number of hydrogen-bond donors (Lipinski definition) is 6. The van der Waals surface area contributed by atoms with E-state index in [4.69, 9.17) is 25.5 Å². The molecule has 0 aromatic carbocycles. The predicted molar refractivity (Wildman–Crippen MR) is 123 cm³/mol. The van der Waals surface area contributed by atoms with E-state index < -0.39 is 11.7 Å². The Kier molecular flexibility index (Phi) is 26.6. The van der Waals surface area contributed by atoms with Crippen LogP contribution in [0.5, 0.6) is 0 Å². The Hall–Kier alpha value is -0.240. The zero-order valence-electron chi connectivity index (χ0n) is 19.6. The third-order valence-corrected chi connectivity index (χ3v) is 5.51. The molecule has 0 atom stereocenters. The van der Waals surface area contributed by atoms with Gasteiger partial charge in [-0.2, -0.15) is 0 Å². The largest absolute Gasteiger partial charge is 0.394 e. The van der Waals surface area contributed by atoms with Crippen LogP contribution in [0.1, 0.15) is 116 Å². The number of rotatable bonds is 21. The maximum absolute atomic E-state index is 9.74. The molecule has 30 heavy (non-hydrogen) atoms. The molecule has 0 aromatic heterocycles. The number of aliphatic hydroxyl groups is 6. The third kappa shape index (κ3) is 24.0. The van der Waals surface area contributed by atoms with Crippen molar-refractivity contribution in [3.05, 3.63) is 0 Å². The summed E-state index contributed by atoms with van der Waals surface area (Å²) in [5.74, 6) is 0. The summed E-state index contributed by atoms with van der Waals surface area (Å²) in [5.41, 5.74) is -1.27. The zero-order valence-corrected chi connectivity index (χ0v) is 19.6. The molecule has 0 unspecified atom stereocenters. The van der Waals surface area contributed by atoms with Crippen LogP contribution in [0.2, 0.25) is 0 Å². The highest BCUT2D eigenvalue weighted by Crippen LogP contribution is 2.17. The van der Waals surface area contributed by atoms with Crippen molar-refractivity contribution in [1.29, 1.82) is 0 Å². The van der Waals surface area contributed by atoms with Gasteiger partial charge in [-0.15, -0.1) is 0 Å². The van der Waals surface area contributed by atoms with Crippen molar-refractivity contribution in [3.63, 3.8) is 0 Å². The molecule has 0 amide bonds. The standard InChI is InChI=1S/C21H44O3.C3H8O3/c1-2-3-4-5-6-7-8-9-10-11-12-13-14-15-16-17-18-21(24,19-22)20-23;4-1-3(6)2-5/h22-24H,2-20H2,1H3;3-6H,1-2H2. The maximum Gasteiger partial charge on any atom is 0.111 e. The predicted octanol–water partition coefficient (Wildman–Crippen LogP) is 3.69. The summed E-state index contributed by atoms with van der Waals surface area (Å²) in [6, 6.07) is 0. The molecule has 0 radical (unpaired) electrons. The van der Waals surface area contributed by atoms with Crippen LogP contribution in [-0.2, 0) is 0 Å². The fourth-order valence-corrected chi connectivity index (χ4v) is 3.27. The summed E-state index contributed by atoms with van der Waals surface area (Å²) in [4.78, 5) is 0. The van der Waals surface area contributed by atoms with Crippen LogP contribution < -0.4 is 0 Å². The molecule has 0 spiro atoms. The van der Waals surface area contributed by atoms with Crippen LogP contribution in [0.25, 0.3) is 0 Å². The Morgan fingerprint density at radius 3 is 1.07 bits per heavy atom. The molecule has 0 heterocycles. The van der Waals surface area contributed by atoms with Crippen molar-refractivity contribution in [2.75, 3.05) is 26.4 Å². The Balaban J connectivity index is 0. The average molecular weight is 437 g/mol. The Morgan fingerprint density at radius 1 is 0.533 bits per heavy atom. The van der Waals surface area contributed by atoms with Gasteiger partial charge in [-0.1, -0.05) is 110 Å². The Labute approximate surface area is 185 Å². The van der Waals surface area contributed by atoms with Gasteiger partial charge in [-0.05, 0) is 6.42 Å². The van der Waals surface area contributed by atoms with E-state index in [1.165, 1.54) is 89.9 Å². The van der Waals surface area contributed by atoms with Crippen molar-refractivity contribution >= 4 is 0 Å². The number of unbranched alkanes of at least 4 members (excludes halogenated alkanes) is 15. The van der Waals surface area contributed by atoms with Gasteiger partial charge in [0.25, 0.3) is 0 Å². The minimum atomic E-state index is -1.27. The quantitative estimate of drug-likeness (QED) is 0.153. The van der Waals surface area contributed by atoms with Gasteiger partial charge in [0.1, 0.15) is 11.7 Å². The van der Waals surface area contributed by atoms with E-state index in [9.17, 15) is 5.11 Å². The fraction of sp³-hybridized carbons (Fsp3) is 1.00. The Morgan fingerprint density at radius 2 is 0.833 bits per heavy atom. The van der Waals surface area contributed by atoms with E-state index in [1.807, 2.05) is 0 Å². The molecule has 184 valence electrons. The fourth-order valence-electron chi connectivity index (χ4n) is 3.27. The van der Waals surface area contributed by atoms with E-state index >= 15 is 0 Å². The second kappa shape index (κ2) is 25.0. The van der Waals surface area contributed by atoms with Gasteiger partial charge in [-0.25, -0.2) is 0 Å². The first-order chi connectivity index (χ1) is 14.5. The smallest absolute Gasteiger partial charge is 0.111 e. The van der Waals surface area contributed by atoms with Crippen LogP contribution in [-0.4, -0.2) is 68.8 Å². The van der Waals surface area contributed by atoms with Gasteiger partial charge in [0.15, 0.2) is 0 Å². The SMILES string of the molecule is CCCCCCCCCCCCCCCCCCC(O)(CO)CO.OCC(O)CO. The lowest BCUT2D eigenvalue weighted by molar-refractivity contribution is -0.0616. The molecule has 0 aliphatic carbocycles. The van der Waals surface area contributed by atoms with Crippen molar-refractivity contribution in [2.24, 2.45) is 0 Å². The van der Waals surface area contributed by atoms with Crippen LogP contribution >= 0.6 is 0 Å². The molecule has 0 aliphatic heterocycles. The first-order valence-electron chi connectivity index (χ1n) is 12.3. The first kappa shape index (κ1) is 31.9. The van der Waals surface area contributed by atoms with E-state index in [2.05, 4.69) is 6.92 Å². The maximum atomic E-state index is 9.74. The summed E-state index contributed by atoms with van der Waals surface area (Å²) < 4.78 is 0. The molecule has 0 fully saturated rings. The first-order valence-corrected chi connectivity index (χ1v) is 12.3. The van der Waals surface area contributed by atoms with Crippen LogP contribution in [0.4, 0.5) is 0 Å². The van der Waals surface area contributed by atoms with Gasteiger partial charge in [0, 0.05) is 0 Å². The highest BCUT2D eigenvalue weighted by atomic mass is 16.4. The molecule has 0 rings (SSSR count). The average Bonchev–Trinajstić information content (AvgIpc) is 2.78. The molecule has 0 aromatic rings. The second-order valence-electron chi connectivity index (χ2n) is 8.61. The van der Waals surface area contributed by atoms with E-state index in [1.54, 1.807) is 0 Å². The molecular weight excluding hydrogens is 384 g/mol. The lowest BCUT2D eigenvalue weighted by Crippen LogP contribution is -2.37. The third-order valence-electron chi connectivity index (χ3n) is 5.51. The minimum absolute atomic E-state index is 0.345. The van der Waals surface area contributed by atoms with Gasteiger partial charge < -0.3 is 30.6 Å². The number of aliphatic hydroxyl groups excluding tert-OH is 5. The van der Waals surface area contributed by atoms with E-state index in [-0.39, 0.29) is 26.4 Å². The topological polar surface area (TPSA) is 121 Å². The second-order valence-corrected chi connectivity index (χ2v) is 8.61. The van der Waals surface area contributed by atoms with E-state index in [0.717, 1.165) is 12.8 Å². The highest BCUT2D eigenvalue weighted by molar-refractivity contribution is 4.75. The lowest BCUT2D eigenvalue weighted by atomic mass is 9.97. The van der Waals surface area contributed by atoms with Crippen LogP contribution in [0.3, 0.4) is 0 Å². The molecule has 6 heteroatoms. The summed E-state index contributed by atoms with van der Waals surface area (Å²) >= 11 is 0. The van der Waals surface area contributed by atoms with Gasteiger partial charge >= 0.3 is 0 Å². The minimum Gasteiger partial charge on any atom is -0.394 e. The molecular formula is C24H52O6. The van der Waals surface area contributed by atoms with Gasteiger partial charge in [0.2, 0.25) is 0 Å². The zero-order chi connectivity index (χ0) is 22.9. The Bertz CT molecular complexity index is 306.